The molecular formula is C47H28N6. The molecule has 0 amide bonds. The molecule has 0 unspecified atom stereocenters. The lowest BCUT2D eigenvalue weighted by Gasteiger charge is -2.16. The molecule has 11 rings (SSSR count). The van der Waals surface area contributed by atoms with Crippen molar-refractivity contribution in [3.05, 3.63) is 175 Å². The van der Waals surface area contributed by atoms with Gasteiger partial charge in [0, 0.05) is 43.9 Å². The second-order valence-corrected chi connectivity index (χ2v) is 13.4. The monoisotopic (exact) mass is 676 g/mol. The summed E-state index contributed by atoms with van der Waals surface area (Å²) >= 11 is 0. The van der Waals surface area contributed by atoms with Crippen molar-refractivity contribution in [2.75, 3.05) is 0 Å². The zero-order valence-corrected chi connectivity index (χ0v) is 28.3. The van der Waals surface area contributed by atoms with E-state index in [1.165, 1.54) is 10.8 Å². The minimum Gasteiger partial charge on any atom is -0.294 e. The molecule has 6 nitrogen and oxygen atoms in total. The van der Waals surface area contributed by atoms with Crippen molar-refractivity contribution in [1.29, 1.82) is 5.26 Å². The van der Waals surface area contributed by atoms with Gasteiger partial charge in [-0.15, -0.1) is 0 Å². The molecule has 7 aromatic carbocycles. The lowest BCUT2D eigenvalue weighted by Crippen LogP contribution is -2.10. The first-order chi connectivity index (χ1) is 26.3. The lowest BCUT2D eigenvalue weighted by atomic mass is 10.0. The van der Waals surface area contributed by atoms with Crippen molar-refractivity contribution in [3.8, 4) is 34.8 Å². The number of fused-ring (bicyclic) bond motifs is 9. The van der Waals surface area contributed by atoms with E-state index in [0.717, 1.165) is 77.4 Å². The summed E-state index contributed by atoms with van der Waals surface area (Å²) in [5.74, 6) is 2.10. The summed E-state index contributed by atoms with van der Waals surface area (Å²) in [5, 5.41) is 16.4. The third-order valence-electron chi connectivity index (χ3n) is 10.5. The summed E-state index contributed by atoms with van der Waals surface area (Å²) in [6.07, 6.45) is 0. The molecule has 0 aliphatic rings. The SMILES string of the molecule is N#Cc1ccc(-c2cccc3c4ccccc4n(-c4cc(-n5c6ccccc6c6ccccc65)nc(-n5c6ccccc6c6ccccc65)n4)c23)cc1. The molecule has 0 radical (unpaired) electrons. The van der Waals surface area contributed by atoms with Crippen LogP contribution in [-0.4, -0.2) is 23.7 Å². The zero-order chi connectivity index (χ0) is 35.0. The summed E-state index contributed by atoms with van der Waals surface area (Å²) in [5.41, 5.74) is 9.03. The quantitative estimate of drug-likeness (QED) is 0.186. The first-order valence-electron chi connectivity index (χ1n) is 17.7. The maximum absolute atomic E-state index is 9.56. The van der Waals surface area contributed by atoms with Gasteiger partial charge in [0.05, 0.1) is 44.7 Å². The Morgan fingerprint density at radius 2 is 0.811 bits per heavy atom. The molecule has 4 heterocycles. The van der Waals surface area contributed by atoms with Gasteiger partial charge in [0.1, 0.15) is 11.6 Å². The van der Waals surface area contributed by atoms with Crippen LogP contribution < -0.4 is 0 Å². The molecule has 0 atom stereocenters. The lowest BCUT2D eigenvalue weighted by molar-refractivity contribution is 0.918. The van der Waals surface area contributed by atoms with E-state index in [1.807, 2.05) is 24.3 Å². The van der Waals surface area contributed by atoms with Crippen LogP contribution in [-0.2, 0) is 0 Å². The first-order valence-corrected chi connectivity index (χ1v) is 17.7. The van der Waals surface area contributed by atoms with Crippen molar-refractivity contribution in [2.24, 2.45) is 0 Å². The molecule has 0 N–H and O–H groups in total. The minimum atomic E-state index is 0.582. The second kappa shape index (κ2) is 11.3. The topological polar surface area (TPSA) is 64.4 Å². The van der Waals surface area contributed by atoms with Gasteiger partial charge in [-0.05, 0) is 48.0 Å². The Morgan fingerprint density at radius 3 is 1.32 bits per heavy atom. The number of para-hydroxylation sites is 6. The molecule has 0 saturated carbocycles. The van der Waals surface area contributed by atoms with E-state index in [0.29, 0.717) is 11.5 Å². The Morgan fingerprint density at radius 1 is 0.396 bits per heavy atom. The Hall–Kier alpha value is -7.49. The van der Waals surface area contributed by atoms with Gasteiger partial charge in [0.2, 0.25) is 5.95 Å². The minimum absolute atomic E-state index is 0.582. The Labute approximate surface area is 303 Å². The van der Waals surface area contributed by atoms with Crippen molar-refractivity contribution < 1.29 is 0 Å². The Balaban J connectivity index is 1.30. The van der Waals surface area contributed by atoms with Crippen LogP contribution in [0.3, 0.4) is 0 Å². The number of nitriles is 1. The van der Waals surface area contributed by atoms with Gasteiger partial charge in [-0.25, -0.2) is 0 Å². The van der Waals surface area contributed by atoms with Gasteiger partial charge in [-0.1, -0.05) is 121 Å². The molecule has 246 valence electrons. The summed E-state index contributed by atoms with van der Waals surface area (Å²) < 4.78 is 6.75. The standard InChI is InChI=1S/C47H28N6/c48-29-30-24-26-31(27-25-30)32-17-11-18-38-37-16-5-10-23-43(37)53(46(32)38)45-28-44(51-39-19-6-1-12-33(39)34-13-2-7-20-40(34)51)49-47(50-45)52-41-21-8-3-14-35(41)36-15-4-9-22-42(36)52/h1-28H. The van der Waals surface area contributed by atoms with Gasteiger partial charge in [0.25, 0.3) is 0 Å². The van der Waals surface area contributed by atoms with Crippen LogP contribution in [0.25, 0.3) is 94.1 Å². The van der Waals surface area contributed by atoms with Crippen molar-refractivity contribution >= 4 is 65.4 Å². The second-order valence-electron chi connectivity index (χ2n) is 13.4. The largest absolute Gasteiger partial charge is 0.294 e. The third kappa shape index (κ3) is 4.25. The van der Waals surface area contributed by atoms with Gasteiger partial charge < -0.3 is 0 Å². The van der Waals surface area contributed by atoms with Crippen LogP contribution in [0, 0.1) is 11.3 Å². The van der Waals surface area contributed by atoms with Gasteiger partial charge in [-0.2, -0.15) is 15.2 Å². The summed E-state index contributed by atoms with van der Waals surface area (Å²) in [6, 6.07) is 61.2. The van der Waals surface area contributed by atoms with E-state index in [2.05, 4.69) is 165 Å². The van der Waals surface area contributed by atoms with Gasteiger partial charge >= 0.3 is 0 Å². The van der Waals surface area contributed by atoms with E-state index in [9.17, 15) is 5.26 Å². The predicted molar refractivity (Wildman–Crippen MR) is 215 cm³/mol. The predicted octanol–water partition coefficient (Wildman–Crippen LogP) is 11.3. The highest BCUT2D eigenvalue weighted by Gasteiger charge is 2.22. The van der Waals surface area contributed by atoms with E-state index in [-0.39, 0.29) is 0 Å². The number of aromatic nitrogens is 5. The Kier molecular flexibility index (Phi) is 6.22. The van der Waals surface area contributed by atoms with Crippen LogP contribution in [0.2, 0.25) is 0 Å². The van der Waals surface area contributed by atoms with Gasteiger partial charge in [0.15, 0.2) is 0 Å². The van der Waals surface area contributed by atoms with Crippen LogP contribution in [0.5, 0.6) is 0 Å². The molecule has 6 heteroatoms. The van der Waals surface area contributed by atoms with E-state index >= 15 is 0 Å². The normalized spacial score (nSPS) is 11.8. The van der Waals surface area contributed by atoms with E-state index < -0.39 is 0 Å². The number of hydrogen-bond donors (Lipinski definition) is 0. The maximum atomic E-state index is 9.56. The molecule has 0 aliphatic heterocycles. The number of rotatable bonds is 4. The summed E-state index contributed by atoms with van der Waals surface area (Å²) in [7, 11) is 0. The Bertz CT molecular complexity index is 3060. The summed E-state index contributed by atoms with van der Waals surface area (Å²) in [6.45, 7) is 0. The van der Waals surface area contributed by atoms with Crippen molar-refractivity contribution in [3.63, 3.8) is 0 Å². The number of hydrogen-bond acceptors (Lipinski definition) is 3. The fourth-order valence-corrected chi connectivity index (χ4v) is 8.26. The molecule has 0 spiro atoms. The fourth-order valence-electron chi connectivity index (χ4n) is 8.26. The van der Waals surface area contributed by atoms with Crippen LogP contribution in [0.1, 0.15) is 5.56 Å². The molecule has 0 saturated heterocycles. The molecule has 4 aromatic heterocycles. The zero-order valence-electron chi connectivity index (χ0n) is 28.3. The van der Waals surface area contributed by atoms with Crippen LogP contribution in [0.15, 0.2) is 170 Å². The van der Waals surface area contributed by atoms with Crippen LogP contribution in [0.4, 0.5) is 0 Å². The smallest absolute Gasteiger partial charge is 0.238 e. The fraction of sp³-hybridized carbons (Fsp3) is 0. The average Bonchev–Trinajstić information content (AvgIpc) is 3.87. The van der Waals surface area contributed by atoms with Crippen molar-refractivity contribution in [1.82, 2.24) is 23.7 Å². The molecular weight excluding hydrogens is 649 g/mol. The number of nitrogens with zero attached hydrogens (tertiary/aromatic N) is 6. The number of benzene rings is 7. The third-order valence-corrected chi connectivity index (χ3v) is 10.5. The van der Waals surface area contributed by atoms with Gasteiger partial charge in [-0.3, -0.25) is 13.7 Å². The van der Waals surface area contributed by atoms with E-state index in [4.69, 9.17) is 9.97 Å². The molecule has 0 fully saturated rings. The first kappa shape index (κ1) is 29.3. The molecule has 53 heavy (non-hydrogen) atoms. The summed E-state index contributed by atoms with van der Waals surface area (Å²) in [4.78, 5) is 11.0. The molecule has 0 aliphatic carbocycles. The van der Waals surface area contributed by atoms with E-state index in [1.54, 1.807) is 0 Å². The highest BCUT2D eigenvalue weighted by molar-refractivity contribution is 6.14. The average molecular weight is 677 g/mol. The molecule has 0 bridgehead atoms. The van der Waals surface area contributed by atoms with Crippen LogP contribution >= 0.6 is 0 Å². The maximum Gasteiger partial charge on any atom is 0.238 e. The highest BCUT2D eigenvalue weighted by Crippen LogP contribution is 2.40. The van der Waals surface area contributed by atoms with Crippen molar-refractivity contribution in [2.45, 2.75) is 0 Å². The molecule has 11 aromatic rings. The highest BCUT2D eigenvalue weighted by atomic mass is 15.2.